The third kappa shape index (κ3) is 4.45. The van der Waals surface area contributed by atoms with Gasteiger partial charge in [-0.2, -0.15) is 0 Å². The Hall–Kier alpha value is -3.61. The van der Waals surface area contributed by atoms with E-state index in [4.69, 9.17) is 9.15 Å². The minimum Gasteiger partial charge on any atom is -0.483 e. The molecule has 0 saturated carbocycles. The molecule has 1 aromatic heterocycles. The van der Waals surface area contributed by atoms with Gasteiger partial charge in [0.25, 0.3) is 5.91 Å². The summed E-state index contributed by atoms with van der Waals surface area (Å²) >= 11 is 0. The van der Waals surface area contributed by atoms with E-state index >= 15 is 0 Å². The number of fused-ring (bicyclic) bond motifs is 3. The van der Waals surface area contributed by atoms with Crippen molar-refractivity contribution in [2.24, 2.45) is 0 Å². The van der Waals surface area contributed by atoms with E-state index < -0.39 is 17.9 Å². The van der Waals surface area contributed by atoms with Gasteiger partial charge < -0.3 is 19.6 Å². The molecular weight excluding hydrogens is 398 g/mol. The summed E-state index contributed by atoms with van der Waals surface area (Å²) in [5.41, 5.74) is 3.34. The van der Waals surface area contributed by atoms with Crippen molar-refractivity contribution < 1.29 is 23.8 Å². The van der Waals surface area contributed by atoms with E-state index in [1.165, 1.54) is 0 Å². The Balaban J connectivity index is 1.52. The fourth-order valence-electron chi connectivity index (χ4n) is 4.05. The minimum absolute atomic E-state index is 0.175. The van der Waals surface area contributed by atoms with E-state index in [2.05, 4.69) is 5.32 Å². The molecule has 1 aliphatic rings. The van der Waals surface area contributed by atoms with Crippen LogP contribution in [0.2, 0.25) is 0 Å². The maximum absolute atomic E-state index is 12.5. The Morgan fingerprint density at radius 1 is 1.16 bits per heavy atom. The quantitative estimate of drug-likeness (QED) is 0.569. The van der Waals surface area contributed by atoms with Crippen LogP contribution in [0.3, 0.4) is 0 Å². The van der Waals surface area contributed by atoms with E-state index in [-0.39, 0.29) is 18.7 Å². The Kier molecular flexibility index (Phi) is 5.75. The lowest BCUT2D eigenvalue weighted by atomic mass is 10.0. The van der Waals surface area contributed by atoms with Gasteiger partial charge in [-0.15, -0.1) is 0 Å². The van der Waals surface area contributed by atoms with Crippen molar-refractivity contribution in [3.63, 3.8) is 0 Å². The standard InChI is InChI=1S/C24H23NO6/c1-14-10-19(22-16-8-5-9-17(16)24(29)31-20(22)11-14)30-13-21(26)25-18(23(27)28)12-15-6-3-2-4-7-15/h2-4,6-7,10-11,18H,5,8-9,12-13H2,1H3,(H,25,26)(H,27,28)/t18-/m0/s1. The second-order valence-electron chi connectivity index (χ2n) is 7.77. The van der Waals surface area contributed by atoms with Crippen molar-refractivity contribution in [1.29, 1.82) is 0 Å². The normalized spacial score (nSPS) is 13.6. The number of hydrogen-bond donors (Lipinski definition) is 2. The third-order valence-corrected chi connectivity index (χ3v) is 5.45. The number of hydrogen-bond acceptors (Lipinski definition) is 5. The summed E-state index contributed by atoms with van der Waals surface area (Å²) in [4.78, 5) is 36.3. The summed E-state index contributed by atoms with van der Waals surface area (Å²) in [6.07, 6.45) is 2.46. The van der Waals surface area contributed by atoms with Crippen LogP contribution < -0.4 is 15.7 Å². The second-order valence-corrected chi connectivity index (χ2v) is 7.77. The predicted molar refractivity (Wildman–Crippen MR) is 114 cm³/mol. The van der Waals surface area contributed by atoms with Crippen LogP contribution in [0.4, 0.5) is 0 Å². The molecule has 2 N–H and O–H groups in total. The van der Waals surface area contributed by atoms with Gasteiger partial charge in [0.05, 0.1) is 5.39 Å². The average Bonchev–Trinajstić information content (AvgIpc) is 3.22. The van der Waals surface area contributed by atoms with Gasteiger partial charge in [0.1, 0.15) is 17.4 Å². The second kappa shape index (κ2) is 8.63. The lowest BCUT2D eigenvalue weighted by molar-refractivity contribution is -0.142. The molecule has 3 aromatic rings. The Morgan fingerprint density at radius 3 is 2.65 bits per heavy atom. The number of benzene rings is 2. The van der Waals surface area contributed by atoms with Crippen LogP contribution in [0.5, 0.6) is 5.75 Å². The molecular formula is C24H23NO6. The van der Waals surface area contributed by atoms with E-state index in [1.54, 1.807) is 12.1 Å². The van der Waals surface area contributed by atoms with E-state index in [1.807, 2.05) is 37.3 Å². The van der Waals surface area contributed by atoms with Gasteiger partial charge in [0.15, 0.2) is 6.61 Å². The molecule has 4 rings (SSSR count). The van der Waals surface area contributed by atoms with Crippen LogP contribution in [0.15, 0.2) is 51.7 Å². The fourth-order valence-corrected chi connectivity index (χ4v) is 4.05. The highest BCUT2D eigenvalue weighted by Gasteiger charge is 2.24. The lowest BCUT2D eigenvalue weighted by Gasteiger charge is -2.16. The number of carboxylic acids is 1. The first-order chi connectivity index (χ1) is 14.9. The molecule has 1 aliphatic carbocycles. The summed E-state index contributed by atoms with van der Waals surface area (Å²) in [5.74, 6) is -1.19. The van der Waals surface area contributed by atoms with Crippen molar-refractivity contribution in [2.75, 3.05) is 6.61 Å². The van der Waals surface area contributed by atoms with E-state index in [0.717, 1.165) is 29.5 Å². The van der Waals surface area contributed by atoms with Gasteiger partial charge >= 0.3 is 11.6 Å². The number of rotatable bonds is 7. The monoisotopic (exact) mass is 421 g/mol. The van der Waals surface area contributed by atoms with Gasteiger partial charge in [-0.25, -0.2) is 9.59 Å². The maximum atomic E-state index is 12.5. The third-order valence-electron chi connectivity index (χ3n) is 5.45. The largest absolute Gasteiger partial charge is 0.483 e. The van der Waals surface area contributed by atoms with E-state index in [0.29, 0.717) is 28.7 Å². The summed E-state index contributed by atoms with van der Waals surface area (Å²) < 4.78 is 11.3. The lowest BCUT2D eigenvalue weighted by Crippen LogP contribution is -2.44. The molecule has 160 valence electrons. The molecule has 7 heteroatoms. The van der Waals surface area contributed by atoms with Crippen LogP contribution in [-0.4, -0.2) is 29.6 Å². The van der Waals surface area contributed by atoms with Crippen molar-refractivity contribution in [1.82, 2.24) is 5.32 Å². The average molecular weight is 421 g/mol. The smallest absolute Gasteiger partial charge is 0.339 e. The van der Waals surface area contributed by atoms with Crippen molar-refractivity contribution >= 4 is 22.8 Å². The zero-order chi connectivity index (χ0) is 22.0. The Morgan fingerprint density at radius 2 is 1.90 bits per heavy atom. The highest BCUT2D eigenvalue weighted by molar-refractivity contribution is 5.90. The first kappa shape index (κ1) is 20.7. The van der Waals surface area contributed by atoms with Gasteiger partial charge in [0.2, 0.25) is 0 Å². The fraction of sp³-hybridized carbons (Fsp3) is 0.292. The molecule has 31 heavy (non-hydrogen) atoms. The SMILES string of the molecule is Cc1cc(OCC(=O)N[C@@H](Cc2ccccc2)C(=O)O)c2c3c(c(=O)oc2c1)CCC3. The summed E-state index contributed by atoms with van der Waals surface area (Å²) in [6.45, 7) is 1.50. The summed E-state index contributed by atoms with van der Waals surface area (Å²) in [5, 5.41) is 12.7. The zero-order valence-electron chi connectivity index (χ0n) is 17.1. The minimum atomic E-state index is -1.11. The predicted octanol–water partition coefficient (Wildman–Crippen LogP) is 2.78. The molecule has 0 spiro atoms. The number of aryl methyl sites for hydroxylation is 2. The van der Waals surface area contributed by atoms with E-state index in [9.17, 15) is 19.5 Å². The van der Waals surface area contributed by atoms with Crippen LogP contribution in [0.25, 0.3) is 11.0 Å². The van der Waals surface area contributed by atoms with Crippen molar-refractivity contribution in [2.45, 2.75) is 38.6 Å². The van der Waals surface area contributed by atoms with Crippen LogP contribution >= 0.6 is 0 Å². The molecule has 1 atom stereocenters. The molecule has 1 amide bonds. The Labute approximate surface area is 178 Å². The van der Waals surface area contributed by atoms with Crippen LogP contribution in [0.1, 0.15) is 28.7 Å². The number of nitrogens with one attached hydrogen (secondary N) is 1. The summed E-state index contributed by atoms with van der Waals surface area (Å²) in [7, 11) is 0. The first-order valence-electron chi connectivity index (χ1n) is 10.2. The maximum Gasteiger partial charge on any atom is 0.339 e. The number of carboxylic acid groups (broad SMARTS) is 1. The number of carbonyl (C=O) groups is 2. The molecule has 0 unspecified atom stereocenters. The summed E-state index contributed by atoms with van der Waals surface area (Å²) in [6, 6.07) is 11.6. The number of amides is 1. The van der Waals surface area contributed by atoms with Gasteiger partial charge in [-0.3, -0.25) is 4.79 Å². The highest BCUT2D eigenvalue weighted by atomic mass is 16.5. The zero-order valence-corrected chi connectivity index (χ0v) is 17.1. The molecule has 0 aliphatic heterocycles. The highest BCUT2D eigenvalue weighted by Crippen LogP contribution is 2.35. The van der Waals surface area contributed by atoms with Crippen molar-refractivity contribution in [3.05, 3.63) is 75.1 Å². The molecule has 0 radical (unpaired) electrons. The molecule has 2 aromatic carbocycles. The molecule has 0 fully saturated rings. The van der Waals surface area contributed by atoms with Gasteiger partial charge in [-0.1, -0.05) is 30.3 Å². The molecule has 7 nitrogen and oxygen atoms in total. The molecule has 1 heterocycles. The number of ether oxygens (including phenoxy) is 1. The molecule has 0 bridgehead atoms. The van der Waals surface area contributed by atoms with Gasteiger partial charge in [-0.05, 0) is 55.0 Å². The number of aliphatic carboxylic acids is 1. The first-order valence-corrected chi connectivity index (χ1v) is 10.2. The van der Waals surface area contributed by atoms with Crippen LogP contribution in [-0.2, 0) is 28.9 Å². The van der Waals surface area contributed by atoms with Crippen LogP contribution in [0, 0.1) is 6.92 Å². The Bertz CT molecular complexity index is 1200. The number of carbonyl (C=O) groups excluding carboxylic acids is 1. The topological polar surface area (TPSA) is 106 Å². The molecule has 0 saturated heterocycles. The van der Waals surface area contributed by atoms with Crippen molar-refractivity contribution in [3.8, 4) is 5.75 Å². The van der Waals surface area contributed by atoms with Gasteiger partial charge in [0, 0.05) is 12.0 Å².